The molecule has 0 aromatic carbocycles. The molecular formula is C14H19N3O4. The maximum atomic E-state index is 11.8. The highest BCUT2D eigenvalue weighted by Gasteiger charge is 2.12. The van der Waals surface area contributed by atoms with Gasteiger partial charge in [0.1, 0.15) is 0 Å². The SMILES string of the molecule is CN(Cc1cccnc1)C(=O)NC(=O)CCCCC(=O)O. The average molecular weight is 293 g/mol. The van der Waals surface area contributed by atoms with Gasteiger partial charge < -0.3 is 10.0 Å². The number of amides is 3. The highest BCUT2D eigenvalue weighted by molar-refractivity contribution is 5.94. The molecule has 0 saturated carbocycles. The predicted molar refractivity (Wildman–Crippen MR) is 75.3 cm³/mol. The van der Waals surface area contributed by atoms with E-state index >= 15 is 0 Å². The van der Waals surface area contributed by atoms with Crippen LogP contribution >= 0.6 is 0 Å². The molecule has 1 aromatic heterocycles. The van der Waals surface area contributed by atoms with Crippen LogP contribution in [-0.4, -0.2) is 39.9 Å². The molecule has 0 saturated heterocycles. The Kier molecular flexibility index (Phi) is 6.86. The van der Waals surface area contributed by atoms with Gasteiger partial charge in [-0.2, -0.15) is 0 Å². The Labute approximate surface area is 123 Å². The molecule has 3 amide bonds. The van der Waals surface area contributed by atoms with Gasteiger partial charge in [-0.1, -0.05) is 6.07 Å². The molecule has 0 spiro atoms. The van der Waals surface area contributed by atoms with Gasteiger partial charge in [-0.15, -0.1) is 0 Å². The Balaban J connectivity index is 2.28. The van der Waals surface area contributed by atoms with Crippen molar-refractivity contribution in [1.82, 2.24) is 15.2 Å². The Bertz CT molecular complexity index is 490. The molecule has 0 aliphatic carbocycles. The smallest absolute Gasteiger partial charge is 0.324 e. The number of aliphatic carboxylic acids is 1. The van der Waals surface area contributed by atoms with Crippen LogP contribution < -0.4 is 5.32 Å². The zero-order chi connectivity index (χ0) is 15.7. The van der Waals surface area contributed by atoms with Crippen LogP contribution in [0.5, 0.6) is 0 Å². The van der Waals surface area contributed by atoms with Gasteiger partial charge in [-0.25, -0.2) is 4.79 Å². The molecule has 114 valence electrons. The third kappa shape index (κ3) is 7.05. The second-order valence-electron chi connectivity index (χ2n) is 4.67. The zero-order valence-corrected chi connectivity index (χ0v) is 11.9. The van der Waals surface area contributed by atoms with E-state index < -0.39 is 17.9 Å². The Hall–Kier alpha value is -2.44. The third-order valence-corrected chi connectivity index (χ3v) is 2.78. The molecular weight excluding hydrogens is 274 g/mol. The van der Waals surface area contributed by atoms with Gasteiger partial charge in [-0.3, -0.25) is 19.9 Å². The molecule has 1 aromatic rings. The molecule has 0 unspecified atom stereocenters. The summed E-state index contributed by atoms with van der Waals surface area (Å²) < 4.78 is 0. The van der Waals surface area contributed by atoms with E-state index in [1.807, 2.05) is 6.07 Å². The molecule has 7 nitrogen and oxygen atoms in total. The van der Waals surface area contributed by atoms with E-state index in [1.165, 1.54) is 4.90 Å². The summed E-state index contributed by atoms with van der Waals surface area (Å²) in [5, 5.41) is 10.7. The first-order valence-corrected chi connectivity index (χ1v) is 6.64. The van der Waals surface area contributed by atoms with Crippen LogP contribution in [0, 0.1) is 0 Å². The second kappa shape index (κ2) is 8.68. The van der Waals surface area contributed by atoms with Crippen molar-refractivity contribution in [2.75, 3.05) is 7.05 Å². The number of nitrogens with zero attached hydrogens (tertiary/aromatic N) is 2. The molecule has 1 rings (SSSR count). The summed E-state index contributed by atoms with van der Waals surface area (Å²) in [7, 11) is 1.58. The summed E-state index contributed by atoms with van der Waals surface area (Å²) in [5.74, 6) is -1.29. The number of urea groups is 1. The summed E-state index contributed by atoms with van der Waals surface area (Å²) in [6.07, 6.45) is 4.32. The van der Waals surface area contributed by atoms with Crippen LogP contribution in [-0.2, 0) is 16.1 Å². The predicted octanol–water partition coefficient (Wildman–Crippen LogP) is 1.39. The van der Waals surface area contributed by atoms with Crippen LogP contribution in [0.4, 0.5) is 4.79 Å². The van der Waals surface area contributed by atoms with Crippen molar-refractivity contribution in [1.29, 1.82) is 0 Å². The van der Waals surface area contributed by atoms with Gasteiger partial charge >= 0.3 is 12.0 Å². The number of carboxylic acid groups (broad SMARTS) is 1. The molecule has 0 bridgehead atoms. The third-order valence-electron chi connectivity index (χ3n) is 2.78. The Morgan fingerprint density at radius 2 is 2.00 bits per heavy atom. The van der Waals surface area contributed by atoms with Crippen molar-refractivity contribution < 1.29 is 19.5 Å². The molecule has 0 aliphatic rings. The number of nitrogens with one attached hydrogen (secondary N) is 1. The molecule has 0 radical (unpaired) electrons. The van der Waals surface area contributed by atoms with Crippen LogP contribution in [0.2, 0.25) is 0 Å². The highest BCUT2D eigenvalue weighted by Crippen LogP contribution is 2.02. The van der Waals surface area contributed by atoms with Crippen molar-refractivity contribution in [2.24, 2.45) is 0 Å². The summed E-state index contributed by atoms with van der Waals surface area (Å²) >= 11 is 0. The van der Waals surface area contributed by atoms with Crippen LogP contribution in [0.3, 0.4) is 0 Å². The first kappa shape index (κ1) is 16.6. The molecule has 21 heavy (non-hydrogen) atoms. The largest absolute Gasteiger partial charge is 0.481 e. The van der Waals surface area contributed by atoms with E-state index in [-0.39, 0.29) is 12.8 Å². The minimum Gasteiger partial charge on any atom is -0.481 e. The molecule has 0 aliphatic heterocycles. The normalized spacial score (nSPS) is 9.95. The van der Waals surface area contributed by atoms with Crippen molar-refractivity contribution >= 4 is 17.9 Å². The van der Waals surface area contributed by atoms with Crippen molar-refractivity contribution in [2.45, 2.75) is 32.2 Å². The molecule has 0 fully saturated rings. The number of carbonyl (C=O) groups excluding carboxylic acids is 2. The van der Waals surface area contributed by atoms with E-state index in [0.717, 1.165) is 5.56 Å². The van der Waals surface area contributed by atoms with Crippen LogP contribution in [0.1, 0.15) is 31.2 Å². The zero-order valence-electron chi connectivity index (χ0n) is 11.9. The van der Waals surface area contributed by atoms with E-state index in [2.05, 4.69) is 10.3 Å². The lowest BCUT2D eigenvalue weighted by Crippen LogP contribution is -2.40. The van der Waals surface area contributed by atoms with Crippen molar-refractivity contribution in [3.05, 3.63) is 30.1 Å². The highest BCUT2D eigenvalue weighted by atomic mass is 16.4. The number of hydrogen-bond donors (Lipinski definition) is 2. The summed E-state index contributed by atoms with van der Waals surface area (Å²) in [4.78, 5) is 39.0. The van der Waals surface area contributed by atoms with E-state index in [4.69, 9.17) is 5.11 Å². The molecule has 2 N–H and O–H groups in total. The maximum Gasteiger partial charge on any atom is 0.324 e. The Morgan fingerprint density at radius 1 is 1.29 bits per heavy atom. The lowest BCUT2D eigenvalue weighted by Gasteiger charge is -2.17. The number of carbonyl (C=O) groups is 3. The fraction of sp³-hybridized carbons (Fsp3) is 0.429. The molecule has 1 heterocycles. The van der Waals surface area contributed by atoms with E-state index in [9.17, 15) is 14.4 Å². The first-order chi connectivity index (χ1) is 9.99. The second-order valence-corrected chi connectivity index (χ2v) is 4.67. The number of imide groups is 1. The number of pyridine rings is 1. The fourth-order valence-electron chi connectivity index (χ4n) is 1.68. The van der Waals surface area contributed by atoms with Crippen LogP contribution in [0.25, 0.3) is 0 Å². The summed E-state index contributed by atoms with van der Waals surface area (Å²) in [5.41, 5.74) is 0.865. The minimum atomic E-state index is -0.886. The van der Waals surface area contributed by atoms with Gasteiger partial charge in [0.2, 0.25) is 5.91 Å². The van der Waals surface area contributed by atoms with Crippen LogP contribution in [0.15, 0.2) is 24.5 Å². The van der Waals surface area contributed by atoms with Gasteiger partial charge in [0.15, 0.2) is 0 Å². The van der Waals surface area contributed by atoms with Crippen molar-refractivity contribution in [3.63, 3.8) is 0 Å². The first-order valence-electron chi connectivity index (χ1n) is 6.64. The number of rotatable bonds is 7. The molecule has 0 atom stereocenters. The summed E-state index contributed by atoms with van der Waals surface area (Å²) in [6.45, 7) is 0.353. The standard InChI is InChI=1S/C14H19N3O4/c1-17(10-11-5-4-8-15-9-11)14(21)16-12(18)6-2-3-7-13(19)20/h4-5,8-9H,2-3,6-7,10H2,1H3,(H,19,20)(H,16,18,21). The molecule has 7 heteroatoms. The number of hydrogen-bond acceptors (Lipinski definition) is 4. The summed E-state index contributed by atoms with van der Waals surface area (Å²) in [6, 6.07) is 3.13. The van der Waals surface area contributed by atoms with Gasteiger partial charge in [0.25, 0.3) is 0 Å². The quantitative estimate of drug-likeness (QED) is 0.740. The van der Waals surface area contributed by atoms with Gasteiger partial charge in [0.05, 0.1) is 0 Å². The minimum absolute atomic E-state index is 0.0299. The van der Waals surface area contributed by atoms with E-state index in [1.54, 1.807) is 25.5 Å². The lowest BCUT2D eigenvalue weighted by atomic mass is 10.2. The number of aromatic nitrogens is 1. The van der Waals surface area contributed by atoms with E-state index in [0.29, 0.717) is 19.4 Å². The van der Waals surface area contributed by atoms with Crippen molar-refractivity contribution in [3.8, 4) is 0 Å². The average Bonchev–Trinajstić information content (AvgIpc) is 2.44. The fourth-order valence-corrected chi connectivity index (χ4v) is 1.68. The monoisotopic (exact) mass is 293 g/mol. The van der Waals surface area contributed by atoms with Gasteiger partial charge in [-0.05, 0) is 24.5 Å². The number of carboxylic acids is 1. The number of unbranched alkanes of at least 4 members (excludes halogenated alkanes) is 1. The lowest BCUT2D eigenvalue weighted by molar-refractivity contribution is -0.137. The Morgan fingerprint density at radius 3 is 2.62 bits per heavy atom. The van der Waals surface area contributed by atoms with Gasteiger partial charge in [0, 0.05) is 38.8 Å². The maximum absolute atomic E-state index is 11.8. The topological polar surface area (TPSA) is 99.6 Å².